The molecule has 0 fully saturated rings. The summed E-state index contributed by atoms with van der Waals surface area (Å²) in [6, 6.07) is 16.9. The molecule has 0 bridgehead atoms. The zero-order valence-corrected chi connectivity index (χ0v) is 16.8. The zero-order valence-electron chi connectivity index (χ0n) is 16.8. The summed E-state index contributed by atoms with van der Waals surface area (Å²) in [7, 11) is 3.44. The molecule has 1 amide bonds. The van der Waals surface area contributed by atoms with Gasteiger partial charge in [-0.1, -0.05) is 36.4 Å². The first-order chi connectivity index (χ1) is 14.6. The van der Waals surface area contributed by atoms with Gasteiger partial charge in [0.1, 0.15) is 0 Å². The topological polar surface area (TPSA) is 85.1 Å². The van der Waals surface area contributed by atoms with E-state index in [1.54, 1.807) is 37.5 Å². The van der Waals surface area contributed by atoms with Crippen LogP contribution in [0.5, 0.6) is 0 Å². The highest BCUT2D eigenvalue weighted by molar-refractivity contribution is 6.04. The summed E-state index contributed by atoms with van der Waals surface area (Å²) in [6.07, 6.45) is 3.76. The zero-order chi connectivity index (χ0) is 21.1. The van der Waals surface area contributed by atoms with Gasteiger partial charge >= 0.3 is 0 Å². The molecule has 152 valence electrons. The molecule has 0 saturated heterocycles. The van der Waals surface area contributed by atoms with Gasteiger partial charge in [0.2, 0.25) is 0 Å². The van der Waals surface area contributed by atoms with Crippen molar-refractivity contribution in [3.63, 3.8) is 0 Å². The number of amides is 1. The smallest absolute Gasteiger partial charge is 0.275 e. The molecule has 0 aliphatic carbocycles. The second-order valence-electron chi connectivity index (χ2n) is 7.06. The highest BCUT2D eigenvalue weighted by Gasteiger charge is 2.16. The molecule has 2 heterocycles. The third-order valence-corrected chi connectivity index (χ3v) is 4.79. The molecule has 2 aromatic heterocycles. The molecule has 0 aliphatic heterocycles. The van der Waals surface area contributed by atoms with Crippen molar-refractivity contribution in [2.75, 3.05) is 14.1 Å². The van der Waals surface area contributed by atoms with Crippen molar-refractivity contribution >= 4 is 16.7 Å². The van der Waals surface area contributed by atoms with E-state index in [4.69, 9.17) is 0 Å². The van der Waals surface area contributed by atoms with Crippen molar-refractivity contribution < 1.29 is 4.79 Å². The molecular weight excluding hydrogens is 380 g/mol. The van der Waals surface area contributed by atoms with Gasteiger partial charge in [-0.05, 0) is 25.2 Å². The van der Waals surface area contributed by atoms with Crippen LogP contribution in [0, 0.1) is 0 Å². The second kappa shape index (κ2) is 8.30. The number of carbonyl (C=O) groups excluding carboxylic acids is 1. The molecule has 0 radical (unpaired) electrons. The number of para-hydroxylation sites is 1. The molecule has 0 spiro atoms. The first-order valence-corrected chi connectivity index (χ1v) is 9.56. The number of nitrogens with one attached hydrogen (secondary N) is 1. The first kappa shape index (κ1) is 19.5. The van der Waals surface area contributed by atoms with Crippen LogP contribution in [-0.2, 0) is 13.2 Å². The van der Waals surface area contributed by atoms with E-state index < -0.39 is 0 Å². The van der Waals surface area contributed by atoms with Crippen molar-refractivity contribution in [1.29, 1.82) is 0 Å². The van der Waals surface area contributed by atoms with Crippen molar-refractivity contribution in [2.24, 2.45) is 0 Å². The number of fused-ring (bicyclic) bond motifs is 1. The fourth-order valence-corrected chi connectivity index (χ4v) is 3.37. The van der Waals surface area contributed by atoms with Gasteiger partial charge < -0.3 is 5.32 Å². The van der Waals surface area contributed by atoms with E-state index in [9.17, 15) is 9.59 Å². The fraction of sp³-hybridized carbons (Fsp3) is 0.182. The molecule has 2 aromatic carbocycles. The van der Waals surface area contributed by atoms with Crippen LogP contribution in [0.4, 0.5) is 0 Å². The Morgan fingerprint density at radius 3 is 2.50 bits per heavy atom. The van der Waals surface area contributed by atoms with Gasteiger partial charge in [-0.3, -0.25) is 14.5 Å². The quantitative estimate of drug-likeness (QED) is 0.533. The van der Waals surface area contributed by atoms with Crippen molar-refractivity contribution in [1.82, 2.24) is 29.8 Å². The van der Waals surface area contributed by atoms with E-state index in [1.165, 1.54) is 4.68 Å². The van der Waals surface area contributed by atoms with Gasteiger partial charge in [0.25, 0.3) is 11.5 Å². The minimum Gasteiger partial charge on any atom is -0.354 e. The maximum Gasteiger partial charge on any atom is 0.275 e. The van der Waals surface area contributed by atoms with E-state index in [1.807, 2.05) is 53.2 Å². The fourth-order valence-electron chi connectivity index (χ4n) is 3.37. The Bertz CT molecular complexity index is 1250. The third kappa shape index (κ3) is 3.85. The van der Waals surface area contributed by atoms with Crippen LogP contribution in [0.15, 0.2) is 71.8 Å². The van der Waals surface area contributed by atoms with Gasteiger partial charge in [-0.15, -0.1) is 0 Å². The minimum absolute atomic E-state index is 0.231. The van der Waals surface area contributed by atoms with Crippen LogP contribution >= 0.6 is 0 Å². The molecule has 0 saturated carbocycles. The summed E-state index contributed by atoms with van der Waals surface area (Å²) in [5.74, 6) is -0.327. The molecule has 1 N–H and O–H groups in total. The van der Waals surface area contributed by atoms with E-state index >= 15 is 0 Å². The van der Waals surface area contributed by atoms with E-state index in [0.717, 1.165) is 11.3 Å². The van der Waals surface area contributed by atoms with E-state index in [2.05, 4.69) is 15.5 Å². The Kier molecular flexibility index (Phi) is 5.40. The summed E-state index contributed by atoms with van der Waals surface area (Å²) in [6.45, 7) is 0.813. The normalized spacial score (nSPS) is 11.2. The molecule has 4 rings (SSSR count). The maximum atomic E-state index is 12.9. The molecule has 4 aromatic rings. The lowest BCUT2D eigenvalue weighted by molar-refractivity contribution is 0.0956. The van der Waals surface area contributed by atoms with Gasteiger partial charge in [0.05, 0.1) is 23.9 Å². The lowest BCUT2D eigenvalue weighted by Gasteiger charge is -2.17. The highest BCUT2D eigenvalue weighted by Crippen LogP contribution is 2.14. The van der Waals surface area contributed by atoms with Crippen molar-refractivity contribution in [3.8, 4) is 5.69 Å². The van der Waals surface area contributed by atoms with E-state index in [-0.39, 0.29) is 23.8 Å². The van der Waals surface area contributed by atoms with Gasteiger partial charge in [-0.2, -0.15) is 10.2 Å². The predicted molar refractivity (Wildman–Crippen MR) is 114 cm³/mol. The largest absolute Gasteiger partial charge is 0.354 e. The standard InChI is InChI=1S/C22H22N6O2/c1-23-21(29)20-18-10-6-7-11-19(18)22(30)28(25-20)15-26(2)13-16-12-24-27(14-16)17-8-4-3-5-9-17/h3-12,14H,13,15H2,1-2H3,(H,23,29). The SMILES string of the molecule is CNC(=O)c1nn(CN(C)Cc2cnn(-c3ccccc3)c2)c(=O)c2ccccc12. The number of nitrogens with zero attached hydrogens (tertiary/aromatic N) is 5. The summed E-state index contributed by atoms with van der Waals surface area (Å²) < 4.78 is 3.14. The molecule has 30 heavy (non-hydrogen) atoms. The van der Waals surface area contributed by atoms with Crippen LogP contribution < -0.4 is 10.9 Å². The summed E-state index contributed by atoms with van der Waals surface area (Å²) in [5.41, 5.74) is 1.99. The Hall–Kier alpha value is -3.78. The maximum absolute atomic E-state index is 12.9. The number of hydrogen-bond donors (Lipinski definition) is 1. The van der Waals surface area contributed by atoms with Gasteiger partial charge in [0, 0.05) is 30.7 Å². The van der Waals surface area contributed by atoms with Crippen LogP contribution in [0.25, 0.3) is 16.5 Å². The Labute approximate surface area is 173 Å². The number of hydrogen-bond acceptors (Lipinski definition) is 5. The number of carbonyl (C=O) groups is 1. The summed E-state index contributed by atoms with van der Waals surface area (Å²) >= 11 is 0. The monoisotopic (exact) mass is 402 g/mol. The molecule has 8 nitrogen and oxygen atoms in total. The average molecular weight is 402 g/mol. The molecule has 0 atom stereocenters. The van der Waals surface area contributed by atoms with Crippen LogP contribution in [0.3, 0.4) is 0 Å². The van der Waals surface area contributed by atoms with Crippen LogP contribution in [-0.4, -0.2) is 44.5 Å². The van der Waals surface area contributed by atoms with Gasteiger partial charge in [-0.25, -0.2) is 9.36 Å². The first-order valence-electron chi connectivity index (χ1n) is 9.56. The van der Waals surface area contributed by atoms with Crippen molar-refractivity contribution in [2.45, 2.75) is 13.2 Å². The number of aromatic nitrogens is 4. The summed E-state index contributed by atoms with van der Waals surface area (Å²) in [4.78, 5) is 27.1. The minimum atomic E-state index is -0.327. The average Bonchev–Trinajstić information content (AvgIpc) is 3.24. The van der Waals surface area contributed by atoms with Crippen LogP contribution in [0.1, 0.15) is 16.1 Å². The van der Waals surface area contributed by atoms with Crippen LogP contribution in [0.2, 0.25) is 0 Å². The number of benzene rings is 2. The molecular formula is C22H22N6O2. The Morgan fingerprint density at radius 1 is 1.07 bits per heavy atom. The molecule has 0 unspecified atom stereocenters. The lowest BCUT2D eigenvalue weighted by Crippen LogP contribution is -2.34. The Morgan fingerprint density at radius 2 is 1.77 bits per heavy atom. The van der Waals surface area contributed by atoms with Gasteiger partial charge in [0.15, 0.2) is 5.69 Å². The molecule has 8 heteroatoms. The molecule has 0 aliphatic rings. The highest BCUT2D eigenvalue weighted by atomic mass is 16.2. The lowest BCUT2D eigenvalue weighted by atomic mass is 10.1. The number of rotatable bonds is 6. The summed E-state index contributed by atoms with van der Waals surface area (Å²) in [5, 5.41) is 12.3. The predicted octanol–water partition coefficient (Wildman–Crippen LogP) is 2.03. The second-order valence-corrected chi connectivity index (χ2v) is 7.06. The van der Waals surface area contributed by atoms with E-state index in [0.29, 0.717) is 17.3 Å². The Balaban J connectivity index is 1.58. The third-order valence-electron chi connectivity index (χ3n) is 4.79. The van der Waals surface area contributed by atoms with Crippen molar-refractivity contribution in [3.05, 3.63) is 88.6 Å².